The van der Waals surface area contributed by atoms with Crippen molar-refractivity contribution in [3.8, 4) is 0 Å². The van der Waals surface area contributed by atoms with E-state index in [0.29, 0.717) is 10.3 Å². The fraction of sp³-hybridized carbons (Fsp3) is 0.600. The van der Waals surface area contributed by atoms with Gasteiger partial charge in [0.2, 0.25) is 0 Å². The van der Waals surface area contributed by atoms with Crippen molar-refractivity contribution in [2.24, 2.45) is 5.92 Å². The molecule has 1 fully saturated rings. The van der Waals surface area contributed by atoms with Crippen LogP contribution in [0.3, 0.4) is 0 Å². The van der Waals surface area contributed by atoms with Crippen LogP contribution in [0.2, 0.25) is 10.3 Å². The lowest BCUT2D eigenvalue weighted by Crippen LogP contribution is -2.20. The van der Waals surface area contributed by atoms with E-state index in [4.69, 9.17) is 23.2 Å². The molecule has 2 rings (SSSR count). The van der Waals surface area contributed by atoms with Gasteiger partial charge in [-0.05, 0) is 12.3 Å². The summed E-state index contributed by atoms with van der Waals surface area (Å²) < 4.78 is 0. The molecule has 1 aromatic rings. The van der Waals surface area contributed by atoms with Crippen molar-refractivity contribution < 1.29 is 0 Å². The van der Waals surface area contributed by atoms with E-state index in [9.17, 15) is 0 Å². The van der Waals surface area contributed by atoms with Crippen molar-refractivity contribution in [1.29, 1.82) is 0 Å². The fourth-order valence-electron chi connectivity index (χ4n) is 1.95. The fourth-order valence-corrected chi connectivity index (χ4v) is 2.30. The van der Waals surface area contributed by atoms with Gasteiger partial charge in [0.15, 0.2) is 10.3 Å². The first-order valence-electron chi connectivity index (χ1n) is 5.14. The van der Waals surface area contributed by atoms with Crippen molar-refractivity contribution in [2.45, 2.75) is 19.8 Å². The van der Waals surface area contributed by atoms with Crippen LogP contribution in [0.5, 0.6) is 0 Å². The van der Waals surface area contributed by atoms with Gasteiger partial charge in [0, 0.05) is 19.2 Å². The molecule has 5 heteroatoms. The SMILES string of the molecule is CCC1CCN(c2cc(Cl)nnc2Cl)C1. The lowest BCUT2D eigenvalue weighted by molar-refractivity contribution is 0.569. The summed E-state index contributed by atoms with van der Waals surface area (Å²) in [5, 5.41) is 8.36. The zero-order valence-electron chi connectivity index (χ0n) is 8.58. The molecule has 1 atom stereocenters. The maximum atomic E-state index is 5.99. The van der Waals surface area contributed by atoms with Gasteiger partial charge in [-0.3, -0.25) is 0 Å². The summed E-state index contributed by atoms with van der Waals surface area (Å²) in [6.07, 6.45) is 2.42. The summed E-state index contributed by atoms with van der Waals surface area (Å²) in [7, 11) is 0. The van der Waals surface area contributed by atoms with Crippen molar-refractivity contribution >= 4 is 28.9 Å². The minimum absolute atomic E-state index is 0.398. The third kappa shape index (κ3) is 2.34. The van der Waals surface area contributed by atoms with Crippen LogP contribution in [0.15, 0.2) is 6.07 Å². The summed E-state index contributed by atoms with van der Waals surface area (Å²) >= 11 is 11.8. The standard InChI is InChI=1S/C10H13Cl2N3/c1-2-7-3-4-15(6-7)8-5-9(11)13-14-10(8)12/h5,7H,2-4,6H2,1H3. The summed E-state index contributed by atoms with van der Waals surface area (Å²) in [5.41, 5.74) is 0.910. The highest BCUT2D eigenvalue weighted by Crippen LogP contribution is 2.30. The van der Waals surface area contributed by atoms with Crippen LogP contribution in [-0.2, 0) is 0 Å². The number of hydrogen-bond acceptors (Lipinski definition) is 3. The molecule has 82 valence electrons. The largest absolute Gasteiger partial charge is 0.369 e. The molecule has 0 aliphatic carbocycles. The molecule has 0 bridgehead atoms. The summed E-state index contributed by atoms with van der Waals surface area (Å²) in [5.74, 6) is 0.757. The molecule has 0 saturated carbocycles. The van der Waals surface area contributed by atoms with E-state index in [1.807, 2.05) is 0 Å². The van der Waals surface area contributed by atoms with Crippen molar-refractivity contribution in [3.05, 3.63) is 16.4 Å². The number of nitrogens with zero attached hydrogens (tertiary/aromatic N) is 3. The van der Waals surface area contributed by atoms with Gasteiger partial charge in [0.05, 0.1) is 5.69 Å². The van der Waals surface area contributed by atoms with E-state index in [-0.39, 0.29) is 0 Å². The summed E-state index contributed by atoms with van der Waals surface area (Å²) in [4.78, 5) is 2.23. The lowest BCUT2D eigenvalue weighted by atomic mass is 10.1. The molecule has 1 aromatic heterocycles. The predicted molar refractivity (Wildman–Crippen MR) is 62.7 cm³/mol. The molecule has 15 heavy (non-hydrogen) atoms. The second-order valence-electron chi connectivity index (χ2n) is 3.85. The highest BCUT2D eigenvalue weighted by Gasteiger charge is 2.23. The Labute approximate surface area is 99.4 Å². The van der Waals surface area contributed by atoms with Gasteiger partial charge >= 0.3 is 0 Å². The molecule has 1 aliphatic heterocycles. The van der Waals surface area contributed by atoms with Gasteiger partial charge in [-0.2, -0.15) is 0 Å². The molecule has 1 unspecified atom stereocenters. The molecular formula is C10H13Cl2N3. The normalized spacial score (nSPS) is 21.0. The van der Waals surface area contributed by atoms with Crippen LogP contribution in [0.25, 0.3) is 0 Å². The number of aromatic nitrogens is 2. The van der Waals surface area contributed by atoms with Gasteiger partial charge in [-0.25, -0.2) is 0 Å². The molecule has 0 N–H and O–H groups in total. The average molecular weight is 246 g/mol. The Balaban J connectivity index is 2.19. The Hall–Kier alpha value is -0.540. The first-order valence-corrected chi connectivity index (χ1v) is 5.90. The Bertz CT molecular complexity index is 357. The molecule has 1 aliphatic rings. The van der Waals surface area contributed by atoms with Gasteiger partial charge in [-0.15, -0.1) is 10.2 Å². The zero-order chi connectivity index (χ0) is 10.8. The molecule has 2 heterocycles. The van der Waals surface area contributed by atoms with Crippen LogP contribution in [0.4, 0.5) is 5.69 Å². The molecule has 3 nitrogen and oxygen atoms in total. The quantitative estimate of drug-likeness (QED) is 0.803. The first-order chi connectivity index (χ1) is 7.20. The zero-order valence-corrected chi connectivity index (χ0v) is 10.1. The molecule has 1 saturated heterocycles. The third-order valence-corrected chi connectivity index (χ3v) is 3.36. The van der Waals surface area contributed by atoms with E-state index < -0.39 is 0 Å². The lowest BCUT2D eigenvalue weighted by Gasteiger charge is -2.18. The van der Waals surface area contributed by atoms with Crippen molar-refractivity contribution in [2.75, 3.05) is 18.0 Å². The Kier molecular flexibility index (Phi) is 3.32. The number of rotatable bonds is 2. The number of hydrogen-bond donors (Lipinski definition) is 0. The van der Waals surface area contributed by atoms with E-state index in [0.717, 1.165) is 24.7 Å². The minimum atomic E-state index is 0.398. The Morgan fingerprint density at radius 2 is 2.27 bits per heavy atom. The average Bonchev–Trinajstić information content (AvgIpc) is 2.70. The van der Waals surface area contributed by atoms with Crippen LogP contribution < -0.4 is 4.90 Å². The summed E-state index contributed by atoms with van der Waals surface area (Å²) in [6, 6.07) is 1.79. The molecule has 0 aromatic carbocycles. The van der Waals surface area contributed by atoms with Gasteiger partial charge < -0.3 is 4.90 Å². The number of halogens is 2. The molecule has 0 amide bonds. The minimum Gasteiger partial charge on any atom is -0.369 e. The molecule has 0 spiro atoms. The highest BCUT2D eigenvalue weighted by molar-refractivity contribution is 6.33. The molecule has 0 radical (unpaired) electrons. The van der Waals surface area contributed by atoms with Gasteiger partial charge in [0.25, 0.3) is 0 Å². The predicted octanol–water partition coefficient (Wildman–Crippen LogP) is 3.02. The third-order valence-electron chi connectivity index (χ3n) is 2.90. The second-order valence-corrected chi connectivity index (χ2v) is 4.60. The maximum absolute atomic E-state index is 5.99. The van der Waals surface area contributed by atoms with E-state index in [1.54, 1.807) is 6.07 Å². The van der Waals surface area contributed by atoms with Crippen LogP contribution in [-0.4, -0.2) is 23.3 Å². The highest BCUT2D eigenvalue weighted by atomic mass is 35.5. The van der Waals surface area contributed by atoms with Crippen molar-refractivity contribution in [3.63, 3.8) is 0 Å². The second kappa shape index (κ2) is 4.54. The maximum Gasteiger partial charge on any atom is 0.175 e. The van der Waals surface area contributed by atoms with Gasteiger partial charge in [0.1, 0.15) is 0 Å². The van der Waals surface area contributed by atoms with Crippen LogP contribution in [0.1, 0.15) is 19.8 Å². The summed E-state index contributed by atoms with van der Waals surface area (Å²) in [6.45, 7) is 4.28. The van der Waals surface area contributed by atoms with Crippen LogP contribution in [0, 0.1) is 5.92 Å². The Morgan fingerprint density at radius 3 is 2.93 bits per heavy atom. The Morgan fingerprint density at radius 1 is 1.47 bits per heavy atom. The van der Waals surface area contributed by atoms with Gasteiger partial charge in [-0.1, -0.05) is 36.5 Å². The first kappa shape index (κ1) is 11.0. The van der Waals surface area contributed by atoms with E-state index in [1.165, 1.54) is 12.8 Å². The number of anilines is 1. The van der Waals surface area contributed by atoms with Crippen LogP contribution >= 0.6 is 23.2 Å². The van der Waals surface area contributed by atoms with E-state index in [2.05, 4.69) is 22.0 Å². The monoisotopic (exact) mass is 245 g/mol. The van der Waals surface area contributed by atoms with Crippen molar-refractivity contribution in [1.82, 2.24) is 10.2 Å². The molecular weight excluding hydrogens is 233 g/mol. The topological polar surface area (TPSA) is 29.0 Å². The smallest absolute Gasteiger partial charge is 0.175 e. The van der Waals surface area contributed by atoms with E-state index >= 15 is 0 Å².